The van der Waals surface area contributed by atoms with Crippen molar-refractivity contribution < 1.29 is 23.8 Å². The minimum absolute atomic E-state index is 0.0192. The van der Waals surface area contributed by atoms with Crippen molar-refractivity contribution in [3.05, 3.63) is 24.2 Å². The Morgan fingerprint density at radius 2 is 2.19 bits per heavy atom. The molecule has 0 aliphatic carbocycles. The molecule has 0 bridgehead atoms. The second-order valence-corrected chi connectivity index (χ2v) is 4.99. The van der Waals surface area contributed by atoms with E-state index in [1.807, 2.05) is 6.07 Å². The van der Waals surface area contributed by atoms with Crippen molar-refractivity contribution in [3.8, 4) is 0 Å². The van der Waals surface area contributed by atoms with Crippen molar-refractivity contribution in [2.45, 2.75) is 31.9 Å². The Morgan fingerprint density at radius 3 is 2.81 bits per heavy atom. The molecular weight excluding hydrogens is 276 g/mol. The summed E-state index contributed by atoms with van der Waals surface area (Å²) in [6.07, 6.45) is 4.70. The number of carboxylic acids is 1. The number of rotatable bonds is 6. The molecule has 0 aromatic carbocycles. The predicted molar refractivity (Wildman–Crippen MR) is 73.7 cm³/mol. The van der Waals surface area contributed by atoms with Gasteiger partial charge in [0.15, 0.2) is 0 Å². The molecule has 1 aromatic rings. The monoisotopic (exact) mass is 296 g/mol. The summed E-state index contributed by atoms with van der Waals surface area (Å²) in [5, 5.41) is 11.4. The fourth-order valence-corrected chi connectivity index (χ4v) is 2.22. The van der Waals surface area contributed by atoms with E-state index in [1.54, 1.807) is 17.4 Å². The summed E-state index contributed by atoms with van der Waals surface area (Å²) in [4.78, 5) is 24.1. The number of carbonyl (C=O) groups is 2. The maximum atomic E-state index is 12.0. The Morgan fingerprint density at radius 1 is 1.43 bits per heavy atom. The Hall–Kier alpha value is -2.02. The molecule has 21 heavy (non-hydrogen) atoms. The Balaban J connectivity index is 1.63. The summed E-state index contributed by atoms with van der Waals surface area (Å²) in [7, 11) is 0. The molecule has 7 nitrogen and oxygen atoms in total. The molecule has 0 atom stereocenters. The van der Waals surface area contributed by atoms with Gasteiger partial charge in [-0.1, -0.05) is 0 Å². The molecule has 0 saturated carbocycles. The molecule has 116 valence electrons. The number of amides is 2. The maximum Gasteiger partial charge on any atom is 0.317 e. The van der Waals surface area contributed by atoms with Gasteiger partial charge >= 0.3 is 12.0 Å². The van der Waals surface area contributed by atoms with E-state index < -0.39 is 5.97 Å². The first kappa shape index (κ1) is 15.4. The number of carbonyl (C=O) groups excluding carboxylic acids is 1. The average Bonchev–Trinajstić information content (AvgIpc) is 2.98. The van der Waals surface area contributed by atoms with E-state index in [4.69, 9.17) is 14.3 Å². The lowest BCUT2D eigenvalue weighted by molar-refractivity contribution is -0.138. The first-order chi connectivity index (χ1) is 10.1. The molecule has 0 spiro atoms. The van der Waals surface area contributed by atoms with Crippen LogP contribution >= 0.6 is 0 Å². The zero-order valence-corrected chi connectivity index (χ0v) is 11.8. The number of aliphatic carboxylic acids is 1. The number of ether oxygens (including phenoxy) is 1. The number of carboxylic acid groups (broad SMARTS) is 1. The maximum absolute atomic E-state index is 12.0. The zero-order chi connectivity index (χ0) is 15.1. The lowest BCUT2D eigenvalue weighted by Gasteiger charge is -2.31. The number of hydrogen-bond donors (Lipinski definition) is 2. The number of piperidine rings is 1. The lowest BCUT2D eigenvalue weighted by Crippen LogP contribution is -2.45. The smallest absolute Gasteiger partial charge is 0.317 e. The third-order valence-electron chi connectivity index (χ3n) is 3.42. The molecule has 1 aliphatic rings. The molecule has 1 saturated heterocycles. The van der Waals surface area contributed by atoms with E-state index in [-0.39, 0.29) is 25.2 Å². The van der Waals surface area contributed by atoms with Gasteiger partial charge in [0, 0.05) is 25.2 Å². The van der Waals surface area contributed by atoms with Gasteiger partial charge in [0.25, 0.3) is 0 Å². The number of furan rings is 1. The van der Waals surface area contributed by atoms with E-state index in [1.165, 1.54) is 0 Å². The van der Waals surface area contributed by atoms with Gasteiger partial charge in [-0.15, -0.1) is 0 Å². The van der Waals surface area contributed by atoms with Crippen LogP contribution in [0.15, 0.2) is 23.0 Å². The number of nitrogens with zero attached hydrogens (tertiary/aromatic N) is 1. The van der Waals surface area contributed by atoms with Crippen LogP contribution in [0.3, 0.4) is 0 Å². The Bertz CT molecular complexity index is 452. The second kappa shape index (κ2) is 7.68. The fraction of sp³-hybridized carbons (Fsp3) is 0.571. The third-order valence-corrected chi connectivity index (χ3v) is 3.42. The van der Waals surface area contributed by atoms with Gasteiger partial charge in [-0.05, 0) is 18.9 Å². The molecule has 1 fully saturated rings. The van der Waals surface area contributed by atoms with Crippen LogP contribution in [-0.4, -0.2) is 47.8 Å². The van der Waals surface area contributed by atoms with Gasteiger partial charge in [0.2, 0.25) is 0 Å². The summed E-state index contributed by atoms with van der Waals surface area (Å²) < 4.78 is 10.4. The van der Waals surface area contributed by atoms with E-state index in [0.29, 0.717) is 19.6 Å². The molecule has 1 aromatic heterocycles. The summed E-state index contributed by atoms with van der Waals surface area (Å²) in [5.74, 6) is -0.855. The third kappa shape index (κ3) is 5.11. The van der Waals surface area contributed by atoms with Crippen molar-refractivity contribution in [1.29, 1.82) is 0 Å². The quantitative estimate of drug-likeness (QED) is 0.829. The first-order valence-electron chi connectivity index (χ1n) is 7.02. The fourth-order valence-electron chi connectivity index (χ4n) is 2.22. The van der Waals surface area contributed by atoms with E-state index in [0.717, 1.165) is 18.4 Å². The number of urea groups is 1. The van der Waals surface area contributed by atoms with Crippen LogP contribution in [0.25, 0.3) is 0 Å². The molecule has 1 aliphatic heterocycles. The van der Waals surface area contributed by atoms with Crippen LogP contribution in [0.4, 0.5) is 4.79 Å². The van der Waals surface area contributed by atoms with E-state index in [9.17, 15) is 9.59 Å². The van der Waals surface area contributed by atoms with Crippen molar-refractivity contribution in [1.82, 2.24) is 10.2 Å². The Kier molecular flexibility index (Phi) is 5.62. The van der Waals surface area contributed by atoms with Gasteiger partial charge in [-0.25, -0.2) is 4.79 Å². The molecule has 2 amide bonds. The predicted octanol–water partition coefficient (Wildman–Crippen LogP) is 1.44. The topological polar surface area (TPSA) is 92.0 Å². The van der Waals surface area contributed by atoms with E-state index >= 15 is 0 Å². The molecule has 0 unspecified atom stereocenters. The average molecular weight is 296 g/mol. The summed E-state index contributed by atoms with van der Waals surface area (Å²) in [6.45, 7) is 1.92. The van der Waals surface area contributed by atoms with Crippen molar-refractivity contribution in [2.24, 2.45) is 0 Å². The number of likely N-dealkylation sites (tertiary alicyclic amines) is 1. The van der Waals surface area contributed by atoms with Gasteiger partial charge in [-0.3, -0.25) is 4.79 Å². The van der Waals surface area contributed by atoms with E-state index in [2.05, 4.69) is 5.32 Å². The van der Waals surface area contributed by atoms with Crippen molar-refractivity contribution >= 4 is 12.0 Å². The van der Waals surface area contributed by atoms with Crippen LogP contribution in [0.1, 0.15) is 24.8 Å². The van der Waals surface area contributed by atoms with Gasteiger partial charge in [-0.2, -0.15) is 0 Å². The summed E-state index contributed by atoms with van der Waals surface area (Å²) >= 11 is 0. The number of hydrogen-bond acceptors (Lipinski definition) is 4. The summed E-state index contributed by atoms with van der Waals surface area (Å²) in [5.41, 5.74) is 0.926. The minimum Gasteiger partial charge on any atom is -0.481 e. The molecular formula is C14H20N2O5. The molecule has 2 N–H and O–H groups in total. The lowest BCUT2D eigenvalue weighted by atomic mass is 10.1. The summed E-state index contributed by atoms with van der Waals surface area (Å²) in [6, 6.07) is 1.71. The van der Waals surface area contributed by atoms with Gasteiger partial charge in [0.1, 0.15) is 0 Å². The first-order valence-corrected chi connectivity index (χ1v) is 7.02. The van der Waals surface area contributed by atoms with Crippen LogP contribution in [0.2, 0.25) is 0 Å². The normalized spacial score (nSPS) is 15.9. The highest BCUT2D eigenvalue weighted by Crippen LogP contribution is 2.14. The van der Waals surface area contributed by atoms with Gasteiger partial charge < -0.3 is 24.5 Å². The van der Waals surface area contributed by atoms with Crippen molar-refractivity contribution in [3.63, 3.8) is 0 Å². The van der Waals surface area contributed by atoms with Crippen LogP contribution in [0, 0.1) is 0 Å². The van der Waals surface area contributed by atoms with Crippen LogP contribution < -0.4 is 5.32 Å². The SMILES string of the molecule is O=C(O)CCOC1CCN(C(=O)NCc2ccoc2)CC1. The highest BCUT2D eigenvalue weighted by molar-refractivity contribution is 5.74. The molecule has 2 rings (SSSR count). The van der Waals surface area contributed by atoms with Crippen LogP contribution in [0.5, 0.6) is 0 Å². The highest BCUT2D eigenvalue weighted by Gasteiger charge is 2.23. The number of nitrogens with one attached hydrogen (secondary N) is 1. The molecule has 0 radical (unpaired) electrons. The van der Waals surface area contributed by atoms with Crippen LogP contribution in [-0.2, 0) is 16.1 Å². The molecule has 2 heterocycles. The Labute approximate surface area is 122 Å². The van der Waals surface area contributed by atoms with Gasteiger partial charge in [0.05, 0.1) is 31.7 Å². The minimum atomic E-state index is -0.855. The second-order valence-electron chi connectivity index (χ2n) is 4.99. The zero-order valence-electron chi connectivity index (χ0n) is 11.8. The highest BCUT2D eigenvalue weighted by atomic mass is 16.5. The largest absolute Gasteiger partial charge is 0.481 e. The molecule has 7 heteroatoms. The standard InChI is InChI=1S/C14H20N2O5/c17-13(18)4-8-21-12-1-5-16(6-2-12)14(19)15-9-11-3-7-20-10-11/h3,7,10,12H,1-2,4-6,8-9H2,(H,15,19)(H,17,18). The van der Waals surface area contributed by atoms with Crippen molar-refractivity contribution in [2.75, 3.05) is 19.7 Å².